The van der Waals surface area contributed by atoms with E-state index in [1.165, 1.54) is 141 Å². The van der Waals surface area contributed by atoms with E-state index in [1.807, 2.05) is 0 Å². The summed E-state index contributed by atoms with van der Waals surface area (Å²) in [5, 5.41) is 8.50. The van der Waals surface area contributed by atoms with Crippen LogP contribution in [0.5, 0.6) is 0 Å². The Morgan fingerprint density at radius 3 is 1.18 bits per heavy atom. The molecule has 6 unspecified atom stereocenters. The Morgan fingerprint density at radius 2 is 0.842 bits per heavy atom. The molecule has 2 saturated heterocycles. The molecule has 0 spiro atoms. The topological polar surface area (TPSA) is 24.1 Å². The molecule has 0 aromatic rings. The van der Waals surface area contributed by atoms with Gasteiger partial charge in [-0.25, -0.2) is 0 Å². The van der Waals surface area contributed by atoms with Crippen molar-refractivity contribution in [3.8, 4) is 0 Å². The van der Waals surface area contributed by atoms with E-state index in [1.54, 1.807) is 0 Å². The van der Waals surface area contributed by atoms with Crippen molar-refractivity contribution in [1.82, 2.24) is 10.6 Å². The average Bonchev–Trinajstić information content (AvgIpc) is 2.98. The Bertz CT molecular complexity index is 648. The standard InChI is InChI=1S/C36H68N2/c1-7-33(27-35(9-3,10-4)37-31-23-17-15-21-29(31)33)25-19-13-14-20-26-34(8-2)28-36(11-5,12-6)38-32-24-18-16-22-30(32)34/h29-32,37-38H,7-28H2,1-6H3. The Labute approximate surface area is 239 Å². The summed E-state index contributed by atoms with van der Waals surface area (Å²) in [5.74, 6) is 1.87. The van der Waals surface area contributed by atoms with E-state index in [-0.39, 0.29) is 0 Å². The molecule has 2 N–H and O–H groups in total. The van der Waals surface area contributed by atoms with E-state index >= 15 is 0 Å². The Balaban J connectivity index is 1.35. The number of rotatable bonds is 13. The molecular formula is C36H68N2. The van der Waals surface area contributed by atoms with Crippen LogP contribution >= 0.6 is 0 Å². The summed E-state index contributed by atoms with van der Waals surface area (Å²) < 4.78 is 0. The predicted molar refractivity (Wildman–Crippen MR) is 167 cm³/mol. The number of fused-ring (bicyclic) bond motifs is 2. The molecule has 0 bridgehead atoms. The van der Waals surface area contributed by atoms with Gasteiger partial charge in [-0.2, -0.15) is 0 Å². The zero-order valence-electron chi connectivity index (χ0n) is 26.9. The third-order valence-corrected chi connectivity index (χ3v) is 13.7. The lowest BCUT2D eigenvalue weighted by Crippen LogP contribution is -2.64. The van der Waals surface area contributed by atoms with Crippen molar-refractivity contribution < 1.29 is 0 Å². The van der Waals surface area contributed by atoms with Gasteiger partial charge < -0.3 is 10.6 Å². The van der Waals surface area contributed by atoms with Gasteiger partial charge in [-0.1, -0.05) is 106 Å². The highest BCUT2D eigenvalue weighted by atomic mass is 15.1. The zero-order chi connectivity index (χ0) is 27.3. The van der Waals surface area contributed by atoms with E-state index < -0.39 is 0 Å². The maximum Gasteiger partial charge on any atom is 0.0184 e. The van der Waals surface area contributed by atoms with Gasteiger partial charge in [-0.15, -0.1) is 0 Å². The minimum Gasteiger partial charge on any atom is -0.308 e. The average molecular weight is 529 g/mol. The normalized spacial score (nSPS) is 38.4. The molecule has 2 saturated carbocycles. The first-order valence-electron chi connectivity index (χ1n) is 17.9. The first-order chi connectivity index (χ1) is 18.4. The number of nitrogens with one attached hydrogen (secondary N) is 2. The molecule has 2 aliphatic carbocycles. The van der Waals surface area contributed by atoms with Crippen molar-refractivity contribution in [3.05, 3.63) is 0 Å². The summed E-state index contributed by atoms with van der Waals surface area (Å²) >= 11 is 0. The monoisotopic (exact) mass is 529 g/mol. The highest BCUT2D eigenvalue weighted by molar-refractivity contribution is 5.08. The third kappa shape index (κ3) is 6.07. The van der Waals surface area contributed by atoms with Crippen molar-refractivity contribution >= 4 is 0 Å². The molecule has 6 atom stereocenters. The highest BCUT2D eigenvalue weighted by Crippen LogP contribution is 2.56. The molecule has 222 valence electrons. The van der Waals surface area contributed by atoms with Gasteiger partial charge in [0.2, 0.25) is 0 Å². The maximum atomic E-state index is 4.25. The third-order valence-electron chi connectivity index (χ3n) is 13.7. The van der Waals surface area contributed by atoms with Crippen molar-refractivity contribution in [2.75, 3.05) is 0 Å². The largest absolute Gasteiger partial charge is 0.308 e. The molecule has 4 fully saturated rings. The quantitative estimate of drug-likeness (QED) is 0.232. The molecule has 2 aliphatic heterocycles. The lowest BCUT2D eigenvalue weighted by molar-refractivity contribution is -0.0378. The molecule has 0 radical (unpaired) electrons. The molecule has 0 aromatic heterocycles. The van der Waals surface area contributed by atoms with Crippen LogP contribution in [0.1, 0.15) is 183 Å². The summed E-state index contributed by atoms with van der Waals surface area (Å²) in [5.41, 5.74) is 2.00. The van der Waals surface area contributed by atoms with Crippen LogP contribution in [0.3, 0.4) is 0 Å². The second-order valence-corrected chi connectivity index (χ2v) is 15.0. The molecule has 38 heavy (non-hydrogen) atoms. The molecule has 0 amide bonds. The highest BCUT2D eigenvalue weighted by Gasteiger charge is 2.53. The van der Waals surface area contributed by atoms with Gasteiger partial charge in [0.05, 0.1) is 0 Å². The van der Waals surface area contributed by atoms with Crippen molar-refractivity contribution in [2.45, 2.75) is 206 Å². The van der Waals surface area contributed by atoms with Crippen LogP contribution in [-0.4, -0.2) is 23.2 Å². The van der Waals surface area contributed by atoms with Gasteiger partial charge in [0.15, 0.2) is 0 Å². The molecule has 0 aromatic carbocycles. The van der Waals surface area contributed by atoms with Crippen LogP contribution in [0.15, 0.2) is 0 Å². The molecule has 2 heterocycles. The second-order valence-electron chi connectivity index (χ2n) is 15.0. The first kappa shape index (κ1) is 30.9. The smallest absolute Gasteiger partial charge is 0.0184 e. The van der Waals surface area contributed by atoms with Crippen LogP contribution < -0.4 is 10.6 Å². The minimum absolute atomic E-state index is 0.401. The zero-order valence-corrected chi connectivity index (χ0v) is 26.9. The first-order valence-corrected chi connectivity index (χ1v) is 17.9. The molecule has 4 rings (SSSR count). The molecule has 2 heteroatoms. The summed E-state index contributed by atoms with van der Waals surface area (Å²) in [7, 11) is 0. The van der Waals surface area contributed by atoms with E-state index in [0.717, 1.165) is 23.9 Å². The number of piperidine rings is 2. The Kier molecular flexibility index (Phi) is 10.8. The van der Waals surface area contributed by atoms with Gasteiger partial charge in [0, 0.05) is 23.2 Å². The van der Waals surface area contributed by atoms with Gasteiger partial charge in [0.1, 0.15) is 0 Å². The number of hydrogen-bond donors (Lipinski definition) is 2. The van der Waals surface area contributed by atoms with Crippen molar-refractivity contribution in [2.24, 2.45) is 22.7 Å². The summed E-state index contributed by atoms with van der Waals surface area (Å²) in [4.78, 5) is 0. The Morgan fingerprint density at radius 1 is 0.474 bits per heavy atom. The molecule has 4 aliphatic rings. The van der Waals surface area contributed by atoms with Gasteiger partial charge in [0.25, 0.3) is 0 Å². The minimum atomic E-state index is 0.401. The van der Waals surface area contributed by atoms with E-state index in [9.17, 15) is 0 Å². The Hall–Kier alpha value is -0.0800. The van der Waals surface area contributed by atoms with Crippen LogP contribution in [0.2, 0.25) is 0 Å². The SMILES string of the molecule is CCC1(CC)CC(CC)(CCCCCCC2(CC)CC(CC)(CC)NC3CCCCC32)C2CCCCC2N1. The van der Waals surface area contributed by atoms with Gasteiger partial charge in [-0.3, -0.25) is 0 Å². The predicted octanol–water partition coefficient (Wildman–Crippen LogP) is 10.3. The fourth-order valence-electron chi connectivity index (χ4n) is 11.0. The van der Waals surface area contributed by atoms with Gasteiger partial charge in [-0.05, 0) is 99.7 Å². The summed E-state index contributed by atoms with van der Waals surface area (Å²) in [6.45, 7) is 14.9. The maximum absolute atomic E-state index is 4.25. The summed E-state index contributed by atoms with van der Waals surface area (Å²) in [6.07, 6.45) is 31.5. The van der Waals surface area contributed by atoms with E-state index in [2.05, 4.69) is 52.2 Å². The van der Waals surface area contributed by atoms with Crippen LogP contribution in [0, 0.1) is 22.7 Å². The van der Waals surface area contributed by atoms with E-state index in [0.29, 0.717) is 21.9 Å². The molecular weight excluding hydrogens is 460 g/mol. The van der Waals surface area contributed by atoms with Crippen LogP contribution in [-0.2, 0) is 0 Å². The summed E-state index contributed by atoms with van der Waals surface area (Å²) in [6, 6.07) is 1.59. The lowest BCUT2D eigenvalue weighted by atomic mass is 9.54. The van der Waals surface area contributed by atoms with Gasteiger partial charge >= 0.3 is 0 Å². The molecule has 2 nitrogen and oxygen atoms in total. The number of unbranched alkanes of at least 4 members (excludes halogenated alkanes) is 3. The van der Waals surface area contributed by atoms with E-state index in [4.69, 9.17) is 0 Å². The fraction of sp³-hybridized carbons (Fsp3) is 1.00. The van der Waals surface area contributed by atoms with Crippen molar-refractivity contribution in [3.63, 3.8) is 0 Å². The second kappa shape index (κ2) is 13.3. The fourth-order valence-corrected chi connectivity index (χ4v) is 11.0. The van der Waals surface area contributed by atoms with Crippen LogP contribution in [0.4, 0.5) is 0 Å². The number of hydrogen-bond acceptors (Lipinski definition) is 2. The lowest BCUT2D eigenvalue weighted by Gasteiger charge is -2.58. The van der Waals surface area contributed by atoms with Crippen molar-refractivity contribution in [1.29, 1.82) is 0 Å². The van der Waals surface area contributed by atoms with Crippen LogP contribution in [0.25, 0.3) is 0 Å².